The van der Waals surface area contributed by atoms with Crippen LogP contribution in [0.3, 0.4) is 0 Å². The number of hydrogen-bond donors (Lipinski definition) is 0. The summed E-state index contributed by atoms with van der Waals surface area (Å²) in [6.07, 6.45) is 0. The summed E-state index contributed by atoms with van der Waals surface area (Å²) in [4.78, 5) is 0. The monoisotopic (exact) mass is 337 g/mol. The number of halogens is 3. The van der Waals surface area contributed by atoms with E-state index in [1.54, 1.807) is 18.2 Å². The number of benzene rings is 2. The van der Waals surface area contributed by atoms with Gasteiger partial charge in [0.15, 0.2) is 11.6 Å². The van der Waals surface area contributed by atoms with Crippen molar-refractivity contribution < 1.29 is 9.13 Å². The first-order valence-corrected chi connectivity index (χ1v) is 7.52. The number of ether oxygens (including phenoxy) is 1. The maximum absolute atomic E-state index is 14.0. The molecule has 2 nitrogen and oxygen atoms in total. The normalized spacial score (nSPS) is 11.1. The van der Waals surface area contributed by atoms with Crippen LogP contribution in [-0.2, 0) is 6.54 Å². The van der Waals surface area contributed by atoms with Crippen LogP contribution in [0.1, 0.15) is 11.3 Å². The second kappa shape index (κ2) is 5.82. The molecule has 0 aliphatic carbocycles. The van der Waals surface area contributed by atoms with Crippen LogP contribution in [0.4, 0.5) is 4.39 Å². The molecule has 5 heteroatoms. The van der Waals surface area contributed by atoms with Crippen molar-refractivity contribution in [2.75, 3.05) is 7.11 Å². The average Bonchev–Trinajstić information content (AvgIpc) is 2.76. The van der Waals surface area contributed by atoms with Gasteiger partial charge in [-0.05, 0) is 36.8 Å². The summed E-state index contributed by atoms with van der Waals surface area (Å²) in [7, 11) is 1.46. The molecule has 0 unspecified atom stereocenters. The van der Waals surface area contributed by atoms with Crippen LogP contribution in [0, 0.1) is 12.7 Å². The molecule has 0 atom stereocenters. The first-order chi connectivity index (χ1) is 10.5. The second-order valence-electron chi connectivity index (χ2n) is 5.15. The molecular weight excluding hydrogens is 324 g/mol. The highest BCUT2D eigenvalue weighted by Crippen LogP contribution is 2.29. The van der Waals surface area contributed by atoms with Gasteiger partial charge in [0.2, 0.25) is 0 Å². The Labute approximate surface area is 138 Å². The largest absolute Gasteiger partial charge is 0.494 e. The molecule has 0 fully saturated rings. The van der Waals surface area contributed by atoms with E-state index in [4.69, 9.17) is 27.9 Å². The maximum atomic E-state index is 14.0. The molecule has 0 aliphatic rings. The molecule has 0 aliphatic heterocycles. The lowest BCUT2D eigenvalue weighted by Gasteiger charge is -2.11. The number of aromatic nitrogens is 1. The minimum atomic E-state index is -0.378. The number of methoxy groups -OCH3 is 1. The quantitative estimate of drug-likeness (QED) is 0.619. The molecule has 0 N–H and O–H groups in total. The highest BCUT2D eigenvalue weighted by atomic mass is 35.5. The van der Waals surface area contributed by atoms with Gasteiger partial charge in [0, 0.05) is 33.7 Å². The van der Waals surface area contributed by atoms with Crippen molar-refractivity contribution in [2.45, 2.75) is 13.5 Å². The summed E-state index contributed by atoms with van der Waals surface area (Å²) in [6, 6.07) is 10.6. The van der Waals surface area contributed by atoms with Gasteiger partial charge in [0.05, 0.1) is 12.6 Å². The Morgan fingerprint density at radius 3 is 2.59 bits per heavy atom. The van der Waals surface area contributed by atoms with Gasteiger partial charge < -0.3 is 9.30 Å². The third-order valence-corrected chi connectivity index (χ3v) is 4.31. The molecule has 0 saturated heterocycles. The summed E-state index contributed by atoms with van der Waals surface area (Å²) in [5, 5.41) is 2.13. The Hall–Kier alpha value is -1.71. The smallest absolute Gasteiger partial charge is 0.167 e. The predicted molar refractivity (Wildman–Crippen MR) is 88.7 cm³/mol. The van der Waals surface area contributed by atoms with Gasteiger partial charge in [-0.2, -0.15) is 0 Å². The fourth-order valence-electron chi connectivity index (χ4n) is 2.59. The number of fused-ring (bicyclic) bond motifs is 1. The van der Waals surface area contributed by atoms with Gasteiger partial charge in [-0.1, -0.05) is 29.3 Å². The zero-order valence-electron chi connectivity index (χ0n) is 12.2. The second-order valence-corrected chi connectivity index (χ2v) is 6.00. The summed E-state index contributed by atoms with van der Waals surface area (Å²) in [5.41, 5.74) is 2.76. The Balaban J connectivity index is 2.10. The molecule has 0 saturated carbocycles. The van der Waals surface area contributed by atoms with Crippen molar-refractivity contribution in [3.63, 3.8) is 0 Å². The third kappa shape index (κ3) is 2.67. The van der Waals surface area contributed by atoms with Crippen LogP contribution >= 0.6 is 23.2 Å². The minimum Gasteiger partial charge on any atom is -0.494 e. The van der Waals surface area contributed by atoms with Crippen molar-refractivity contribution in [3.8, 4) is 5.75 Å². The highest BCUT2D eigenvalue weighted by molar-refractivity contribution is 6.35. The zero-order valence-corrected chi connectivity index (χ0v) is 13.7. The van der Waals surface area contributed by atoms with E-state index in [1.165, 1.54) is 13.2 Å². The fraction of sp³-hybridized carbons (Fsp3) is 0.176. The van der Waals surface area contributed by atoms with Gasteiger partial charge in [0.25, 0.3) is 0 Å². The topological polar surface area (TPSA) is 14.2 Å². The Kier molecular flexibility index (Phi) is 4.02. The van der Waals surface area contributed by atoms with Gasteiger partial charge in [-0.25, -0.2) is 4.39 Å². The van der Waals surface area contributed by atoms with Crippen LogP contribution in [0.5, 0.6) is 5.75 Å². The predicted octanol–water partition coefficient (Wildman–Crippen LogP) is 5.45. The molecular formula is C17H14Cl2FNO. The number of rotatable bonds is 3. The van der Waals surface area contributed by atoms with E-state index in [0.29, 0.717) is 16.6 Å². The van der Waals surface area contributed by atoms with Crippen LogP contribution in [0.25, 0.3) is 10.9 Å². The van der Waals surface area contributed by atoms with Crippen molar-refractivity contribution >= 4 is 34.1 Å². The molecule has 0 spiro atoms. The lowest BCUT2D eigenvalue weighted by Crippen LogP contribution is -2.02. The van der Waals surface area contributed by atoms with E-state index in [-0.39, 0.29) is 11.6 Å². The molecule has 22 heavy (non-hydrogen) atoms. The molecule has 3 rings (SSSR count). The fourth-order valence-corrected chi connectivity index (χ4v) is 3.06. The van der Waals surface area contributed by atoms with Gasteiger partial charge in [0.1, 0.15) is 0 Å². The number of hydrogen-bond acceptors (Lipinski definition) is 1. The van der Waals surface area contributed by atoms with Crippen molar-refractivity contribution in [3.05, 3.63) is 63.5 Å². The van der Waals surface area contributed by atoms with Gasteiger partial charge in [-0.3, -0.25) is 0 Å². The molecule has 1 heterocycles. The first-order valence-electron chi connectivity index (χ1n) is 6.77. The molecule has 2 aromatic carbocycles. The zero-order chi connectivity index (χ0) is 15.9. The molecule has 114 valence electrons. The maximum Gasteiger partial charge on any atom is 0.167 e. The summed E-state index contributed by atoms with van der Waals surface area (Å²) in [6.45, 7) is 2.53. The number of aryl methyl sites for hydroxylation is 1. The van der Waals surface area contributed by atoms with E-state index >= 15 is 0 Å². The summed E-state index contributed by atoms with van der Waals surface area (Å²) < 4.78 is 21.1. The van der Waals surface area contributed by atoms with Gasteiger partial charge in [-0.15, -0.1) is 0 Å². The molecule has 0 amide bonds. The van der Waals surface area contributed by atoms with Crippen LogP contribution in [-0.4, -0.2) is 11.7 Å². The average molecular weight is 338 g/mol. The molecule has 0 bridgehead atoms. The first kappa shape index (κ1) is 15.2. The molecule has 3 aromatic rings. The standard InChI is InChI=1S/C17H14Cl2FNO/c1-10-5-12-6-17(22-2)15(20)8-16(12)21(10)9-11-3-4-13(18)7-14(11)19/h3-8H,9H2,1-2H3. The Morgan fingerprint density at radius 1 is 1.14 bits per heavy atom. The third-order valence-electron chi connectivity index (χ3n) is 3.73. The van der Waals surface area contributed by atoms with Crippen LogP contribution in [0.15, 0.2) is 36.4 Å². The number of nitrogens with zero attached hydrogens (tertiary/aromatic N) is 1. The Bertz CT molecular complexity index is 857. The lowest BCUT2D eigenvalue weighted by atomic mass is 10.2. The van der Waals surface area contributed by atoms with E-state index in [2.05, 4.69) is 0 Å². The van der Waals surface area contributed by atoms with Crippen molar-refractivity contribution in [1.29, 1.82) is 0 Å². The van der Waals surface area contributed by atoms with E-state index < -0.39 is 0 Å². The van der Waals surface area contributed by atoms with Crippen LogP contribution < -0.4 is 4.74 Å². The van der Waals surface area contributed by atoms with Crippen molar-refractivity contribution in [1.82, 2.24) is 4.57 Å². The summed E-state index contributed by atoms with van der Waals surface area (Å²) >= 11 is 12.2. The van der Waals surface area contributed by atoms with E-state index in [1.807, 2.05) is 23.6 Å². The molecule has 1 aromatic heterocycles. The van der Waals surface area contributed by atoms with E-state index in [9.17, 15) is 4.39 Å². The SMILES string of the molecule is COc1cc2cc(C)n(Cc3ccc(Cl)cc3Cl)c2cc1F. The van der Waals surface area contributed by atoms with Crippen molar-refractivity contribution in [2.24, 2.45) is 0 Å². The minimum absolute atomic E-state index is 0.245. The lowest BCUT2D eigenvalue weighted by molar-refractivity contribution is 0.387. The van der Waals surface area contributed by atoms with Crippen LogP contribution in [0.2, 0.25) is 10.0 Å². The van der Waals surface area contributed by atoms with E-state index in [0.717, 1.165) is 22.2 Å². The van der Waals surface area contributed by atoms with Gasteiger partial charge >= 0.3 is 0 Å². The Morgan fingerprint density at radius 2 is 1.91 bits per heavy atom. The highest BCUT2D eigenvalue weighted by Gasteiger charge is 2.12. The molecule has 0 radical (unpaired) electrons. The summed E-state index contributed by atoms with van der Waals surface area (Å²) in [5.74, 6) is -0.134.